The van der Waals surface area contributed by atoms with Crippen LogP contribution in [-0.4, -0.2) is 34.0 Å². The van der Waals surface area contributed by atoms with Crippen LogP contribution in [0.2, 0.25) is 0 Å². The molecule has 2 heterocycles. The van der Waals surface area contributed by atoms with Crippen LogP contribution in [0.15, 0.2) is 59.1 Å². The molecule has 1 saturated heterocycles. The van der Waals surface area contributed by atoms with Crippen molar-refractivity contribution in [1.29, 1.82) is 0 Å². The molecule has 1 N–H and O–H groups in total. The van der Waals surface area contributed by atoms with Crippen molar-refractivity contribution in [3.63, 3.8) is 0 Å². The standard InChI is InChI=1S/C23H25FN4O2/c1-16(17-7-9-20(24)10-8-17)25-23(29)19-11-13-28(14-12-19)15-21-26-22(27-30-21)18-5-3-2-4-6-18/h2-10,16,19H,11-15H2,1H3,(H,25,29). The molecule has 1 aliphatic rings. The van der Waals surface area contributed by atoms with E-state index in [1.54, 1.807) is 12.1 Å². The van der Waals surface area contributed by atoms with Gasteiger partial charge in [0.1, 0.15) is 5.82 Å². The average molecular weight is 408 g/mol. The molecular formula is C23H25FN4O2. The van der Waals surface area contributed by atoms with Crippen molar-refractivity contribution in [1.82, 2.24) is 20.4 Å². The zero-order valence-corrected chi connectivity index (χ0v) is 16.9. The molecule has 1 atom stereocenters. The molecule has 0 saturated carbocycles. The van der Waals surface area contributed by atoms with E-state index in [-0.39, 0.29) is 23.7 Å². The molecule has 1 aromatic heterocycles. The SMILES string of the molecule is CC(NC(=O)C1CCN(Cc2nc(-c3ccccc3)no2)CC1)c1ccc(F)cc1. The average Bonchev–Trinajstić information content (AvgIpc) is 3.24. The first-order valence-electron chi connectivity index (χ1n) is 10.2. The van der Waals surface area contributed by atoms with Crippen LogP contribution in [0.1, 0.15) is 37.3 Å². The van der Waals surface area contributed by atoms with E-state index in [0.717, 1.165) is 37.1 Å². The first-order valence-corrected chi connectivity index (χ1v) is 10.2. The van der Waals surface area contributed by atoms with Gasteiger partial charge in [0.25, 0.3) is 0 Å². The Morgan fingerprint density at radius 3 is 2.57 bits per heavy atom. The van der Waals surface area contributed by atoms with E-state index >= 15 is 0 Å². The molecule has 0 aliphatic carbocycles. The minimum atomic E-state index is -0.276. The number of hydrogen-bond donors (Lipinski definition) is 1. The zero-order valence-electron chi connectivity index (χ0n) is 16.9. The van der Waals surface area contributed by atoms with Gasteiger partial charge in [0.2, 0.25) is 17.6 Å². The Balaban J connectivity index is 1.26. The van der Waals surface area contributed by atoms with Gasteiger partial charge >= 0.3 is 0 Å². The summed E-state index contributed by atoms with van der Waals surface area (Å²) in [6.45, 7) is 4.10. The zero-order chi connectivity index (χ0) is 20.9. The molecule has 3 aromatic rings. The summed E-state index contributed by atoms with van der Waals surface area (Å²) in [6, 6.07) is 15.8. The Kier molecular flexibility index (Phi) is 6.18. The number of rotatable bonds is 6. The fourth-order valence-corrected chi connectivity index (χ4v) is 3.73. The molecule has 156 valence electrons. The molecule has 1 unspecified atom stereocenters. The number of aromatic nitrogens is 2. The van der Waals surface area contributed by atoms with Crippen LogP contribution in [0.5, 0.6) is 0 Å². The number of nitrogens with one attached hydrogen (secondary N) is 1. The van der Waals surface area contributed by atoms with Gasteiger partial charge in [-0.3, -0.25) is 9.69 Å². The monoisotopic (exact) mass is 408 g/mol. The Morgan fingerprint density at radius 2 is 1.87 bits per heavy atom. The van der Waals surface area contributed by atoms with Crippen LogP contribution in [0.4, 0.5) is 4.39 Å². The maximum absolute atomic E-state index is 13.1. The fourth-order valence-electron chi connectivity index (χ4n) is 3.73. The molecule has 7 heteroatoms. The van der Waals surface area contributed by atoms with E-state index in [9.17, 15) is 9.18 Å². The van der Waals surface area contributed by atoms with E-state index in [1.807, 2.05) is 37.3 Å². The quantitative estimate of drug-likeness (QED) is 0.668. The lowest BCUT2D eigenvalue weighted by Crippen LogP contribution is -2.40. The van der Waals surface area contributed by atoms with E-state index < -0.39 is 0 Å². The summed E-state index contributed by atoms with van der Waals surface area (Å²) in [5, 5.41) is 7.11. The van der Waals surface area contributed by atoms with Gasteiger partial charge in [-0.05, 0) is 50.6 Å². The minimum Gasteiger partial charge on any atom is -0.349 e. The molecular weight excluding hydrogens is 383 g/mol. The van der Waals surface area contributed by atoms with Crippen molar-refractivity contribution >= 4 is 5.91 Å². The molecule has 0 radical (unpaired) electrons. The van der Waals surface area contributed by atoms with Gasteiger partial charge in [0, 0.05) is 11.5 Å². The normalized spacial score (nSPS) is 16.3. The summed E-state index contributed by atoms with van der Waals surface area (Å²) in [5.74, 6) is 0.931. The highest BCUT2D eigenvalue weighted by molar-refractivity contribution is 5.79. The van der Waals surface area contributed by atoms with Crippen LogP contribution < -0.4 is 5.32 Å². The largest absolute Gasteiger partial charge is 0.349 e. The van der Waals surface area contributed by atoms with Crippen molar-refractivity contribution in [3.8, 4) is 11.4 Å². The fraction of sp³-hybridized carbons (Fsp3) is 0.348. The minimum absolute atomic E-state index is 0.0216. The molecule has 0 spiro atoms. The second-order valence-electron chi connectivity index (χ2n) is 7.71. The van der Waals surface area contributed by atoms with Crippen LogP contribution in [0.3, 0.4) is 0 Å². The third kappa shape index (κ3) is 4.91. The number of piperidine rings is 1. The number of carbonyl (C=O) groups excluding carboxylic acids is 1. The Labute approximate surface area is 175 Å². The van der Waals surface area contributed by atoms with Crippen LogP contribution in [0.25, 0.3) is 11.4 Å². The first-order chi connectivity index (χ1) is 14.6. The summed E-state index contributed by atoms with van der Waals surface area (Å²) in [6.07, 6.45) is 1.56. The van der Waals surface area contributed by atoms with Gasteiger partial charge in [0.15, 0.2) is 0 Å². The highest BCUT2D eigenvalue weighted by Gasteiger charge is 2.27. The number of likely N-dealkylation sites (tertiary alicyclic amines) is 1. The lowest BCUT2D eigenvalue weighted by molar-refractivity contribution is -0.127. The number of carbonyl (C=O) groups is 1. The second kappa shape index (κ2) is 9.17. The number of benzene rings is 2. The topological polar surface area (TPSA) is 71.3 Å². The van der Waals surface area contributed by atoms with Crippen molar-refractivity contribution in [2.24, 2.45) is 5.92 Å². The van der Waals surface area contributed by atoms with Crippen molar-refractivity contribution in [3.05, 3.63) is 71.9 Å². The maximum Gasteiger partial charge on any atom is 0.241 e. The summed E-state index contributed by atoms with van der Waals surface area (Å²) in [5.41, 5.74) is 1.82. The van der Waals surface area contributed by atoms with Gasteiger partial charge < -0.3 is 9.84 Å². The van der Waals surface area contributed by atoms with Crippen molar-refractivity contribution in [2.75, 3.05) is 13.1 Å². The smallest absolute Gasteiger partial charge is 0.241 e. The second-order valence-corrected chi connectivity index (χ2v) is 7.71. The van der Waals surface area contributed by atoms with Gasteiger partial charge in [0.05, 0.1) is 12.6 Å². The highest BCUT2D eigenvalue weighted by Crippen LogP contribution is 2.22. The Hall–Kier alpha value is -3.06. The summed E-state index contributed by atoms with van der Waals surface area (Å²) in [4.78, 5) is 19.3. The molecule has 4 rings (SSSR count). The predicted octanol–water partition coefficient (Wildman–Crippen LogP) is 3.97. The Bertz CT molecular complexity index is 966. The highest BCUT2D eigenvalue weighted by atomic mass is 19.1. The van der Waals surface area contributed by atoms with E-state index in [4.69, 9.17) is 4.52 Å². The number of nitrogens with zero attached hydrogens (tertiary/aromatic N) is 3. The number of halogens is 1. The molecule has 1 amide bonds. The summed E-state index contributed by atoms with van der Waals surface area (Å²) < 4.78 is 18.5. The summed E-state index contributed by atoms with van der Waals surface area (Å²) >= 11 is 0. The third-order valence-electron chi connectivity index (χ3n) is 5.55. The van der Waals surface area contributed by atoms with Crippen molar-refractivity contribution in [2.45, 2.75) is 32.4 Å². The predicted molar refractivity (Wildman–Crippen MR) is 111 cm³/mol. The molecule has 2 aromatic carbocycles. The molecule has 6 nitrogen and oxygen atoms in total. The first kappa shape index (κ1) is 20.2. The third-order valence-corrected chi connectivity index (χ3v) is 5.55. The number of amides is 1. The Morgan fingerprint density at radius 1 is 1.17 bits per heavy atom. The summed E-state index contributed by atoms with van der Waals surface area (Å²) in [7, 11) is 0. The van der Waals surface area contributed by atoms with E-state index in [2.05, 4.69) is 20.4 Å². The van der Waals surface area contributed by atoms with Crippen LogP contribution in [0, 0.1) is 11.7 Å². The maximum atomic E-state index is 13.1. The van der Waals surface area contributed by atoms with Gasteiger partial charge in [-0.2, -0.15) is 4.98 Å². The van der Waals surface area contributed by atoms with E-state index in [0.29, 0.717) is 18.3 Å². The van der Waals surface area contributed by atoms with Gasteiger partial charge in [-0.25, -0.2) is 4.39 Å². The van der Waals surface area contributed by atoms with Crippen molar-refractivity contribution < 1.29 is 13.7 Å². The molecule has 1 aliphatic heterocycles. The molecule has 0 bridgehead atoms. The van der Waals surface area contributed by atoms with Crippen LogP contribution >= 0.6 is 0 Å². The number of hydrogen-bond acceptors (Lipinski definition) is 5. The molecule has 1 fully saturated rings. The van der Waals surface area contributed by atoms with E-state index in [1.165, 1.54) is 12.1 Å². The van der Waals surface area contributed by atoms with Gasteiger partial charge in [-0.15, -0.1) is 0 Å². The lowest BCUT2D eigenvalue weighted by Gasteiger charge is -2.30. The lowest BCUT2D eigenvalue weighted by atomic mass is 9.95. The molecule has 30 heavy (non-hydrogen) atoms. The van der Waals surface area contributed by atoms with Gasteiger partial charge in [-0.1, -0.05) is 47.6 Å². The van der Waals surface area contributed by atoms with Crippen LogP contribution in [-0.2, 0) is 11.3 Å².